The van der Waals surface area contributed by atoms with Gasteiger partial charge in [-0.1, -0.05) is 18.2 Å². The average molecular weight is 228 g/mol. The molecule has 0 aliphatic rings. The van der Waals surface area contributed by atoms with E-state index in [0.29, 0.717) is 5.82 Å². The predicted molar refractivity (Wildman–Crippen MR) is 65.7 cm³/mol. The quantitative estimate of drug-likeness (QED) is 0.847. The summed E-state index contributed by atoms with van der Waals surface area (Å²) in [6.45, 7) is 1.99. The molecule has 0 saturated heterocycles. The Labute approximate surface area is 98.9 Å². The van der Waals surface area contributed by atoms with Crippen LogP contribution in [-0.4, -0.2) is 16.1 Å². The first-order chi connectivity index (χ1) is 8.16. The maximum Gasteiger partial charge on any atom is 0.337 e. The lowest BCUT2D eigenvalue weighted by Crippen LogP contribution is -1.99. The van der Waals surface area contributed by atoms with Crippen LogP contribution >= 0.6 is 0 Å². The van der Waals surface area contributed by atoms with Crippen LogP contribution in [0.3, 0.4) is 0 Å². The second-order valence-corrected chi connectivity index (χ2v) is 3.68. The number of pyridine rings is 1. The molecule has 0 unspecified atom stereocenters. The van der Waals surface area contributed by atoms with Gasteiger partial charge in [-0.05, 0) is 30.7 Å². The van der Waals surface area contributed by atoms with Crippen molar-refractivity contribution in [3.63, 3.8) is 0 Å². The Morgan fingerprint density at radius 1 is 1.24 bits per heavy atom. The summed E-state index contributed by atoms with van der Waals surface area (Å²) in [5, 5.41) is 11.9. The third-order valence-corrected chi connectivity index (χ3v) is 2.42. The van der Waals surface area contributed by atoms with Crippen molar-refractivity contribution < 1.29 is 9.90 Å². The average Bonchev–Trinajstić information content (AvgIpc) is 2.33. The maximum absolute atomic E-state index is 10.7. The van der Waals surface area contributed by atoms with Crippen LogP contribution in [-0.2, 0) is 0 Å². The molecule has 0 saturated carbocycles. The van der Waals surface area contributed by atoms with E-state index in [1.165, 1.54) is 12.3 Å². The molecule has 17 heavy (non-hydrogen) atoms. The van der Waals surface area contributed by atoms with Crippen molar-refractivity contribution >= 4 is 17.5 Å². The molecule has 1 heterocycles. The van der Waals surface area contributed by atoms with Gasteiger partial charge in [-0.25, -0.2) is 9.78 Å². The summed E-state index contributed by atoms with van der Waals surface area (Å²) in [5.74, 6) is -0.343. The van der Waals surface area contributed by atoms with Crippen molar-refractivity contribution in [2.75, 3.05) is 5.32 Å². The van der Waals surface area contributed by atoms with Crippen LogP contribution in [0.15, 0.2) is 42.6 Å². The monoisotopic (exact) mass is 228 g/mol. The number of carboxylic acids is 1. The summed E-state index contributed by atoms with van der Waals surface area (Å²) in [5.41, 5.74) is 2.25. The maximum atomic E-state index is 10.7. The largest absolute Gasteiger partial charge is 0.478 e. The molecule has 0 amide bonds. The number of aromatic nitrogens is 1. The number of carbonyl (C=O) groups is 1. The number of hydrogen-bond donors (Lipinski definition) is 2. The van der Waals surface area contributed by atoms with E-state index in [1.54, 1.807) is 6.07 Å². The first kappa shape index (κ1) is 11.1. The highest BCUT2D eigenvalue weighted by molar-refractivity contribution is 5.87. The molecule has 0 spiro atoms. The lowest BCUT2D eigenvalue weighted by molar-refractivity contribution is 0.0696. The molecule has 0 bridgehead atoms. The molecule has 1 aromatic heterocycles. The van der Waals surface area contributed by atoms with Crippen LogP contribution in [0.5, 0.6) is 0 Å². The van der Waals surface area contributed by atoms with Crippen LogP contribution in [0.25, 0.3) is 0 Å². The first-order valence-electron chi connectivity index (χ1n) is 5.19. The van der Waals surface area contributed by atoms with Crippen LogP contribution in [0.4, 0.5) is 11.5 Å². The van der Waals surface area contributed by atoms with E-state index in [0.717, 1.165) is 11.3 Å². The van der Waals surface area contributed by atoms with Crippen LogP contribution in [0.2, 0.25) is 0 Å². The lowest BCUT2D eigenvalue weighted by Gasteiger charge is -2.08. The van der Waals surface area contributed by atoms with Gasteiger partial charge in [-0.3, -0.25) is 0 Å². The number of rotatable bonds is 3. The Kier molecular flexibility index (Phi) is 3.05. The minimum atomic E-state index is -0.972. The van der Waals surface area contributed by atoms with Gasteiger partial charge < -0.3 is 10.4 Å². The zero-order chi connectivity index (χ0) is 12.3. The summed E-state index contributed by atoms with van der Waals surface area (Å²) in [6.07, 6.45) is 1.34. The SMILES string of the molecule is Cc1ccccc1Nc1ccc(C(=O)O)cn1. The zero-order valence-corrected chi connectivity index (χ0v) is 9.34. The van der Waals surface area contributed by atoms with Crippen molar-refractivity contribution in [1.29, 1.82) is 0 Å². The molecule has 0 aliphatic heterocycles. The Bertz CT molecular complexity index is 535. The molecule has 86 valence electrons. The number of nitrogens with zero attached hydrogens (tertiary/aromatic N) is 1. The van der Waals surface area contributed by atoms with Crippen molar-refractivity contribution in [2.45, 2.75) is 6.92 Å². The smallest absolute Gasteiger partial charge is 0.337 e. The number of para-hydroxylation sites is 1. The van der Waals surface area contributed by atoms with Gasteiger partial charge in [0.1, 0.15) is 5.82 Å². The topological polar surface area (TPSA) is 62.2 Å². The van der Waals surface area contributed by atoms with E-state index < -0.39 is 5.97 Å². The summed E-state index contributed by atoms with van der Waals surface area (Å²) >= 11 is 0. The number of aromatic carboxylic acids is 1. The molecule has 4 nitrogen and oxygen atoms in total. The lowest BCUT2D eigenvalue weighted by atomic mass is 10.2. The number of carboxylic acid groups (broad SMARTS) is 1. The third-order valence-electron chi connectivity index (χ3n) is 2.42. The van der Waals surface area contributed by atoms with E-state index in [9.17, 15) is 4.79 Å². The minimum Gasteiger partial charge on any atom is -0.478 e. The first-order valence-corrected chi connectivity index (χ1v) is 5.19. The summed E-state index contributed by atoms with van der Waals surface area (Å²) in [4.78, 5) is 14.7. The summed E-state index contributed by atoms with van der Waals surface area (Å²) in [7, 11) is 0. The van der Waals surface area contributed by atoms with Gasteiger partial charge in [-0.15, -0.1) is 0 Å². The van der Waals surface area contributed by atoms with Crippen LogP contribution < -0.4 is 5.32 Å². The van der Waals surface area contributed by atoms with Gasteiger partial charge in [0.2, 0.25) is 0 Å². The fourth-order valence-corrected chi connectivity index (χ4v) is 1.45. The molecular formula is C13H12N2O2. The van der Waals surface area contributed by atoms with Gasteiger partial charge in [-0.2, -0.15) is 0 Å². The molecule has 4 heteroatoms. The Morgan fingerprint density at radius 2 is 2.00 bits per heavy atom. The van der Waals surface area contributed by atoms with Gasteiger partial charge in [0.05, 0.1) is 5.56 Å². The molecule has 1 aromatic carbocycles. The predicted octanol–water partition coefficient (Wildman–Crippen LogP) is 2.83. The molecule has 2 aromatic rings. The summed E-state index contributed by atoms with van der Waals surface area (Å²) < 4.78 is 0. The highest BCUT2D eigenvalue weighted by atomic mass is 16.4. The second-order valence-electron chi connectivity index (χ2n) is 3.68. The fourth-order valence-electron chi connectivity index (χ4n) is 1.45. The molecule has 2 N–H and O–H groups in total. The highest BCUT2D eigenvalue weighted by Gasteiger charge is 2.03. The third kappa shape index (κ3) is 2.60. The van der Waals surface area contributed by atoms with Gasteiger partial charge in [0.15, 0.2) is 0 Å². The Balaban J connectivity index is 2.20. The molecule has 0 fully saturated rings. The molecule has 2 rings (SSSR count). The highest BCUT2D eigenvalue weighted by Crippen LogP contribution is 2.18. The Morgan fingerprint density at radius 3 is 2.59 bits per heavy atom. The summed E-state index contributed by atoms with van der Waals surface area (Å²) in [6, 6.07) is 11.0. The second kappa shape index (κ2) is 4.65. The van der Waals surface area contributed by atoms with Gasteiger partial charge >= 0.3 is 5.97 Å². The van der Waals surface area contributed by atoms with E-state index in [2.05, 4.69) is 10.3 Å². The van der Waals surface area contributed by atoms with Crippen molar-refractivity contribution in [3.05, 3.63) is 53.7 Å². The number of anilines is 2. The number of aryl methyl sites for hydroxylation is 1. The van der Waals surface area contributed by atoms with Gasteiger partial charge in [0, 0.05) is 11.9 Å². The fraction of sp³-hybridized carbons (Fsp3) is 0.0769. The normalized spacial score (nSPS) is 9.94. The molecule has 0 aliphatic carbocycles. The van der Waals surface area contributed by atoms with Crippen molar-refractivity contribution in [1.82, 2.24) is 4.98 Å². The number of hydrogen-bond acceptors (Lipinski definition) is 3. The van der Waals surface area contributed by atoms with E-state index in [-0.39, 0.29) is 5.56 Å². The zero-order valence-electron chi connectivity index (χ0n) is 9.34. The van der Waals surface area contributed by atoms with Crippen LogP contribution in [0, 0.1) is 6.92 Å². The number of benzene rings is 1. The Hall–Kier alpha value is -2.36. The van der Waals surface area contributed by atoms with E-state index >= 15 is 0 Å². The minimum absolute atomic E-state index is 0.181. The van der Waals surface area contributed by atoms with Crippen molar-refractivity contribution in [2.24, 2.45) is 0 Å². The molecular weight excluding hydrogens is 216 g/mol. The van der Waals surface area contributed by atoms with E-state index in [1.807, 2.05) is 31.2 Å². The van der Waals surface area contributed by atoms with E-state index in [4.69, 9.17) is 5.11 Å². The number of nitrogens with one attached hydrogen (secondary N) is 1. The molecule has 0 radical (unpaired) electrons. The van der Waals surface area contributed by atoms with Crippen LogP contribution in [0.1, 0.15) is 15.9 Å². The standard InChI is InChI=1S/C13H12N2O2/c1-9-4-2-3-5-11(9)15-12-7-6-10(8-14-12)13(16)17/h2-8H,1H3,(H,14,15)(H,16,17). The van der Waals surface area contributed by atoms with Crippen molar-refractivity contribution in [3.8, 4) is 0 Å². The van der Waals surface area contributed by atoms with Gasteiger partial charge in [0.25, 0.3) is 0 Å². The molecule has 0 atom stereocenters.